The van der Waals surface area contributed by atoms with Gasteiger partial charge in [-0.05, 0) is 0 Å². The molecular weight excluding hydrogens is 385 g/mol. The molecule has 56 valence electrons. The van der Waals surface area contributed by atoms with E-state index in [0.29, 0.717) is 6.10 Å². The van der Waals surface area contributed by atoms with E-state index in [1.807, 2.05) is 0 Å². The van der Waals surface area contributed by atoms with Gasteiger partial charge in [-0.2, -0.15) is 0 Å². The summed E-state index contributed by atoms with van der Waals surface area (Å²) >= 11 is 2.92. The number of hydrogen-bond acceptors (Lipinski definition) is 2. The molecule has 1 fully saturated rings. The monoisotopic (exact) mass is 396 g/mol. The predicted octanol–water partition coefficient (Wildman–Crippen LogP) is 2.30. The number of halogens is 1. The topological polar surface area (TPSA) is 18.5 Å². The van der Waals surface area contributed by atoms with Gasteiger partial charge in [-0.3, -0.25) is 0 Å². The quantitative estimate of drug-likeness (QED) is 0.539. The van der Waals surface area contributed by atoms with Crippen LogP contribution in [0.15, 0.2) is 0 Å². The molecule has 0 saturated carbocycles. The maximum atomic E-state index is 5.12. The number of rotatable bonds is 3. The van der Waals surface area contributed by atoms with Crippen molar-refractivity contribution < 1.29 is 31.9 Å². The molecule has 0 aromatic heterocycles. The molecule has 0 aromatic carbocycles. The maximum absolute atomic E-state index is 5.12. The van der Waals surface area contributed by atoms with E-state index in [2.05, 4.69) is 18.8 Å². The molecule has 0 N–H and O–H groups in total. The summed E-state index contributed by atoms with van der Waals surface area (Å²) in [6.07, 6.45) is 2.77. The van der Waals surface area contributed by atoms with Crippen molar-refractivity contribution >= 4 is 11.9 Å². The van der Waals surface area contributed by atoms with E-state index >= 15 is 0 Å². The summed E-state index contributed by atoms with van der Waals surface area (Å²) in [5, 5.41) is 0. The van der Waals surface area contributed by atoms with Crippen molar-refractivity contribution in [1.82, 2.24) is 0 Å². The van der Waals surface area contributed by atoms with E-state index in [1.165, 1.54) is 6.42 Å². The average Bonchev–Trinajstić information content (AvgIpc) is 2.43. The van der Waals surface area contributed by atoms with Gasteiger partial charge in [-0.1, -0.05) is 0 Å². The van der Waals surface area contributed by atoms with Crippen LogP contribution in [0.5, 0.6) is 0 Å². The fourth-order valence-corrected chi connectivity index (χ4v) is 11.7. The van der Waals surface area contributed by atoms with Crippen LogP contribution in [0.25, 0.3) is 0 Å². The second-order valence-electron chi connectivity index (χ2n) is 2.57. The Morgan fingerprint density at radius 2 is 2.60 bits per heavy atom. The van der Waals surface area contributed by atoms with Crippen LogP contribution in [-0.4, -0.2) is 12.7 Å². The Bertz CT molecular complexity index is 91.7. The van der Waals surface area contributed by atoms with E-state index in [9.17, 15) is 0 Å². The van der Waals surface area contributed by atoms with Crippen molar-refractivity contribution in [3.63, 3.8) is 0 Å². The fraction of sp³-hybridized carbons (Fsp3) is 1.00. The third kappa shape index (κ3) is 2.43. The SMILES string of the molecule is CC[CH]([Hg][Br])C1CCOO1. The van der Waals surface area contributed by atoms with E-state index < -0.39 is 22.1 Å². The van der Waals surface area contributed by atoms with Crippen molar-refractivity contribution in [2.75, 3.05) is 6.61 Å². The standard InChI is InChI=1S/C6H11O2.BrH.Hg/c1-2-3-6-4-5-7-8-6;;/h3,6H,2,4-5H2,1H3;1H;/q;;+1/p-1. The van der Waals surface area contributed by atoms with Gasteiger partial charge in [0.05, 0.1) is 0 Å². The summed E-state index contributed by atoms with van der Waals surface area (Å²) < 4.78 is 0.836. The van der Waals surface area contributed by atoms with Crippen molar-refractivity contribution in [1.29, 1.82) is 0 Å². The van der Waals surface area contributed by atoms with Crippen LogP contribution < -0.4 is 0 Å². The van der Waals surface area contributed by atoms with Crippen molar-refractivity contribution in [2.24, 2.45) is 0 Å². The summed E-state index contributed by atoms with van der Waals surface area (Å²) in [7, 11) is 0. The Balaban J connectivity index is 2.29. The van der Waals surface area contributed by atoms with E-state index in [0.717, 1.165) is 16.5 Å². The van der Waals surface area contributed by atoms with Gasteiger partial charge in [-0.15, -0.1) is 0 Å². The molecule has 1 rings (SSSR count). The summed E-state index contributed by atoms with van der Waals surface area (Å²) in [6, 6.07) is 0. The van der Waals surface area contributed by atoms with Gasteiger partial charge < -0.3 is 0 Å². The van der Waals surface area contributed by atoms with Gasteiger partial charge in [-0.25, -0.2) is 0 Å². The zero-order valence-corrected chi connectivity index (χ0v) is 13.3. The molecule has 1 aliphatic heterocycles. The van der Waals surface area contributed by atoms with Crippen LogP contribution in [0.4, 0.5) is 0 Å². The van der Waals surface area contributed by atoms with Crippen LogP contribution in [0.2, 0.25) is 3.43 Å². The Kier molecular flexibility index (Phi) is 4.77. The molecule has 0 radical (unpaired) electrons. The van der Waals surface area contributed by atoms with Crippen molar-refractivity contribution in [3.05, 3.63) is 0 Å². The van der Waals surface area contributed by atoms with Gasteiger partial charge in [0.2, 0.25) is 0 Å². The van der Waals surface area contributed by atoms with E-state index in [4.69, 9.17) is 9.78 Å². The van der Waals surface area contributed by atoms with E-state index in [1.54, 1.807) is 0 Å². The second-order valence-corrected chi connectivity index (χ2v) is 13.5. The van der Waals surface area contributed by atoms with Crippen molar-refractivity contribution in [2.45, 2.75) is 29.3 Å². The molecule has 2 atom stereocenters. The van der Waals surface area contributed by atoms with Crippen LogP contribution in [-0.2, 0) is 31.9 Å². The summed E-state index contributed by atoms with van der Waals surface area (Å²) in [4.78, 5) is 9.98. The van der Waals surface area contributed by atoms with Gasteiger partial charge >= 0.3 is 79.7 Å². The molecule has 0 aliphatic carbocycles. The first-order valence-corrected chi connectivity index (χ1v) is 18.8. The Labute approximate surface area is 79.3 Å². The second kappa shape index (κ2) is 5.06. The molecule has 1 aliphatic rings. The number of hydrogen-bond donors (Lipinski definition) is 0. The average molecular weight is 396 g/mol. The van der Waals surface area contributed by atoms with Gasteiger partial charge in [0.1, 0.15) is 0 Å². The molecule has 0 amide bonds. The molecule has 10 heavy (non-hydrogen) atoms. The molecule has 2 nitrogen and oxygen atoms in total. The zero-order valence-electron chi connectivity index (χ0n) is 6.18. The summed E-state index contributed by atoms with van der Waals surface area (Å²) in [5.41, 5.74) is 0. The first-order valence-electron chi connectivity index (χ1n) is 3.72. The van der Waals surface area contributed by atoms with E-state index in [-0.39, 0.29) is 0 Å². The molecule has 2 unspecified atom stereocenters. The molecule has 4 heteroatoms. The molecule has 1 saturated heterocycles. The fourth-order valence-electron chi connectivity index (χ4n) is 1.13. The van der Waals surface area contributed by atoms with Crippen LogP contribution in [0.3, 0.4) is 0 Å². The van der Waals surface area contributed by atoms with Gasteiger partial charge in [0.25, 0.3) is 0 Å². The van der Waals surface area contributed by atoms with Crippen LogP contribution >= 0.6 is 11.9 Å². The minimum atomic E-state index is -0.757. The summed E-state index contributed by atoms with van der Waals surface area (Å²) in [6.45, 7) is 3.02. The summed E-state index contributed by atoms with van der Waals surface area (Å²) in [5.74, 6) is 0. The Morgan fingerprint density at radius 1 is 1.80 bits per heavy atom. The normalized spacial score (nSPS) is 28.0. The first kappa shape index (κ1) is 9.42. The molecule has 1 heterocycles. The molecule has 0 aromatic rings. The third-order valence-electron chi connectivity index (χ3n) is 1.93. The molecule has 0 bridgehead atoms. The van der Waals surface area contributed by atoms with Gasteiger partial charge in [0, 0.05) is 0 Å². The molecular formula is C6H11BrHgO2. The Morgan fingerprint density at radius 3 is 3.00 bits per heavy atom. The molecule has 0 spiro atoms. The van der Waals surface area contributed by atoms with Crippen LogP contribution in [0.1, 0.15) is 19.8 Å². The Hall–Kier alpha value is 1.34. The third-order valence-corrected chi connectivity index (χ3v) is 15.1. The van der Waals surface area contributed by atoms with Crippen molar-refractivity contribution in [3.8, 4) is 0 Å². The minimum absolute atomic E-state index is 0.422. The first-order chi connectivity index (χ1) is 4.88. The zero-order chi connectivity index (χ0) is 7.40. The predicted molar refractivity (Wildman–Crippen MR) is 38.4 cm³/mol. The van der Waals surface area contributed by atoms with Crippen LogP contribution in [0, 0.1) is 0 Å². The van der Waals surface area contributed by atoms with Gasteiger partial charge in [0.15, 0.2) is 0 Å².